The minimum Gasteiger partial charge on any atom is -0.378 e. The number of aryl methyl sites for hydroxylation is 1. The molecule has 130 valence electrons. The van der Waals surface area contributed by atoms with Crippen LogP contribution in [0.25, 0.3) is 0 Å². The molecule has 2 heterocycles. The number of carbonyl (C=O) groups is 2. The molecule has 2 saturated heterocycles. The zero-order chi connectivity index (χ0) is 16.8. The van der Waals surface area contributed by atoms with E-state index in [2.05, 4.69) is 0 Å². The predicted octanol–water partition coefficient (Wildman–Crippen LogP) is 1.86. The van der Waals surface area contributed by atoms with Crippen LogP contribution < -0.4 is 0 Å². The van der Waals surface area contributed by atoms with E-state index < -0.39 is 0 Å². The average Bonchev–Trinajstić information content (AvgIpc) is 2.67. The molecule has 0 aliphatic carbocycles. The fourth-order valence-electron chi connectivity index (χ4n) is 3.52. The Morgan fingerprint density at radius 2 is 1.79 bits per heavy atom. The first-order valence-corrected chi connectivity index (χ1v) is 8.95. The van der Waals surface area contributed by atoms with E-state index in [0.717, 1.165) is 25.7 Å². The number of amides is 2. The Kier molecular flexibility index (Phi) is 5.86. The lowest BCUT2D eigenvalue weighted by Crippen LogP contribution is -2.55. The molecule has 1 atom stereocenters. The van der Waals surface area contributed by atoms with Crippen molar-refractivity contribution < 1.29 is 14.3 Å². The highest BCUT2D eigenvalue weighted by atomic mass is 16.5. The molecule has 5 nitrogen and oxygen atoms in total. The van der Waals surface area contributed by atoms with Crippen molar-refractivity contribution >= 4 is 11.8 Å². The Balaban J connectivity index is 1.60. The van der Waals surface area contributed by atoms with Crippen molar-refractivity contribution in [2.45, 2.75) is 38.1 Å². The van der Waals surface area contributed by atoms with Gasteiger partial charge >= 0.3 is 0 Å². The third-order valence-electron chi connectivity index (χ3n) is 4.90. The molecule has 1 aromatic rings. The maximum atomic E-state index is 12.8. The second-order valence-electron chi connectivity index (χ2n) is 6.52. The van der Waals surface area contributed by atoms with Gasteiger partial charge in [-0.25, -0.2) is 0 Å². The van der Waals surface area contributed by atoms with Crippen LogP contribution in [0.2, 0.25) is 0 Å². The maximum Gasteiger partial charge on any atom is 0.245 e. The van der Waals surface area contributed by atoms with Gasteiger partial charge in [0.1, 0.15) is 6.04 Å². The number of carbonyl (C=O) groups excluding carboxylic acids is 2. The van der Waals surface area contributed by atoms with Crippen LogP contribution in [0.15, 0.2) is 30.3 Å². The minimum absolute atomic E-state index is 0.102. The number of rotatable bonds is 4. The highest BCUT2D eigenvalue weighted by Gasteiger charge is 2.34. The molecule has 0 bridgehead atoms. The first-order valence-electron chi connectivity index (χ1n) is 8.95. The van der Waals surface area contributed by atoms with Gasteiger partial charge in [-0.15, -0.1) is 0 Å². The summed E-state index contributed by atoms with van der Waals surface area (Å²) in [6.07, 6.45) is 3.99. The first-order chi connectivity index (χ1) is 11.8. The number of likely N-dealkylation sites (tertiary alicyclic amines) is 1. The molecule has 2 aliphatic rings. The van der Waals surface area contributed by atoms with Gasteiger partial charge in [-0.2, -0.15) is 0 Å². The van der Waals surface area contributed by atoms with Gasteiger partial charge in [0.2, 0.25) is 11.8 Å². The number of hydrogen-bond donors (Lipinski definition) is 0. The fraction of sp³-hybridized carbons (Fsp3) is 0.579. The molecule has 1 unspecified atom stereocenters. The molecule has 2 fully saturated rings. The summed E-state index contributed by atoms with van der Waals surface area (Å²) in [6, 6.07) is 9.77. The maximum absolute atomic E-state index is 12.8. The van der Waals surface area contributed by atoms with Gasteiger partial charge in [0.25, 0.3) is 0 Å². The van der Waals surface area contributed by atoms with Crippen molar-refractivity contribution in [3.8, 4) is 0 Å². The summed E-state index contributed by atoms with van der Waals surface area (Å²) in [7, 11) is 0. The van der Waals surface area contributed by atoms with E-state index in [4.69, 9.17) is 4.74 Å². The van der Waals surface area contributed by atoms with Crippen molar-refractivity contribution in [3.63, 3.8) is 0 Å². The lowest BCUT2D eigenvalue weighted by molar-refractivity contribution is -0.150. The first kappa shape index (κ1) is 17.0. The zero-order valence-corrected chi connectivity index (χ0v) is 14.2. The van der Waals surface area contributed by atoms with Crippen LogP contribution in [0, 0.1) is 0 Å². The Morgan fingerprint density at radius 3 is 2.54 bits per heavy atom. The Hall–Kier alpha value is -1.88. The second-order valence-corrected chi connectivity index (χ2v) is 6.52. The van der Waals surface area contributed by atoms with Crippen LogP contribution in [-0.4, -0.2) is 60.5 Å². The number of benzene rings is 1. The molecule has 0 saturated carbocycles. The van der Waals surface area contributed by atoms with Crippen molar-refractivity contribution in [2.75, 3.05) is 32.8 Å². The zero-order valence-electron chi connectivity index (χ0n) is 14.2. The van der Waals surface area contributed by atoms with E-state index in [1.807, 2.05) is 40.1 Å². The third kappa shape index (κ3) is 4.15. The van der Waals surface area contributed by atoms with Crippen molar-refractivity contribution in [2.24, 2.45) is 0 Å². The normalized spacial score (nSPS) is 21.6. The fourth-order valence-corrected chi connectivity index (χ4v) is 3.52. The molecular formula is C19H26N2O3. The third-order valence-corrected chi connectivity index (χ3v) is 4.90. The summed E-state index contributed by atoms with van der Waals surface area (Å²) < 4.78 is 5.32. The van der Waals surface area contributed by atoms with Gasteiger partial charge in [-0.3, -0.25) is 9.59 Å². The molecule has 2 amide bonds. The van der Waals surface area contributed by atoms with E-state index in [-0.39, 0.29) is 17.9 Å². The van der Waals surface area contributed by atoms with Gasteiger partial charge in [-0.1, -0.05) is 30.3 Å². The number of hydrogen-bond acceptors (Lipinski definition) is 3. The van der Waals surface area contributed by atoms with E-state index in [1.165, 1.54) is 5.56 Å². The van der Waals surface area contributed by atoms with Crippen LogP contribution >= 0.6 is 0 Å². The van der Waals surface area contributed by atoms with Gasteiger partial charge in [0, 0.05) is 26.1 Å². The number of piperidine rings is 1. The lowest BCUT2D eigenvalue weighted by atomic mass is 9.99. The van der Waals surface area contributed by atoms with Crippen LogP contribution in [0.5, 0.6) is 0 Å². The van der Waals surface area contributed by atoms with Crippen LogP contribution in [-0.2, 0) is 20.7 Å². The van der Waals surface area contributed by atoms with E-state index in [1.54, 1.807) is 0 Å². The van der Waals surface area contributed by atoms with Gasteiger partial charge in [0.15, 0.2) is 0 Å². The number of ether oxygens (including phenoxy) is 1. The van der Waals surface area contributed by atoms with Crippen molar-refractivity contribution in [1.29, 1.82) is 0 Å². The molecule has 24 heavy (non-hydrogen) atoms. The molecular weight excluding hydrogens is 304 g/mol. The average molecular weight is 330 g/mol. The summed E-state index contributed by atoms with van der Waals surface area (Å²) in [5.41, 5.74) is 1.17. The molecule has 1 aromatic carbocycles. The van der Waals surface area contributed by atoms with Gasteiger partial charge in [0.05, 0.1) is 13.2 Å². The monoisotopic (exact) mass is 330 g/mol. The number of nitrogens with zero attached hydrogens (tertiary/aromatic N) is 2. The standard InChI is InChI=1S/C19H26N2O3/c22-18(10-9-16-6-2-1-3-7-16)21-11-5-4-8-17(21)19(23)20-12-14-24-15-13-20/h1-3,6-7,17H,4-5,8-15H2. The summed E-state index contributed by atoms with van der Waals surface area (Å²) in [6.45, 7) is 3.18. The molecule has 3 rings (SSSR count). The van der Waals surface area contributed by atoms with E-state index >= 15 is 0 Å². The summed E-state index contributed by atoms with van der Waals surface area (Å²) in [5, 5.41) is 0. The summed E-state index contributed by atoms with van der Waals surface area (Å²) in [4.78, 5) is 29.2. The summed E-state index contributed by atoms with van der Waals surface area (Å²) in [5.74, 6) is 0.205. The number of morpholine rings is 1. The molecule has 0 radical (unpaired) electrons. The molecule has 0 spiro atoms. The smallest absolute Gasteiger partial charge is 0.245 e. The van der Waals surface area contributed by atoms with Crippen molar-refractivity contribution in [3.05, 3.63) is 35.9 Å². The highest BCUT2D eigenvalue weighted by molar-refractivity contribution is 5.88. The molecule has 5 heteroatoms. The van der Waals surface area contributed by atoms with Crippen LogP contribution in [0.4, 0.5) is 0 Å². The Labute approximate surface area is 143 Å². The second kappa shape index (κ2) is 8.29. The Bertz CT molecular complexity index is 555. The topological polar surface area (TPSA) is 49.9 Å². The highest BCUT2D eigenvalue weighted by Crippen LogP contribution is 2.21. The van der Waals surface area contributed by atoms with E-state index in [9.17, 15) is 9.59 Å². The molecule has 0 aromatic heterocycles. The molecule has 2 aliphatic heterocycles. The quantitative estimate of drug-likeness (QED) is 0.847. The largest absolute Gasteiger partial charge is 0.378 e. The van der Waals surface area contributed by atoms with Gasteiger partial charge in [-0.05, 0) is 31.2 Å². The van der Waals surface area contributed by atoms with Crippen LogP contribution in [0.1, 0.15) is 31.2 Å². The van der Waals surface area contributed by atoms with Crippen LogP contribution in [0.3, 0.4) is 0 Å². The van der Waals surface area contributed by atoms with E-state index in [0.29, 0.717) is 39.3 Å². The minimum atomic E-state index is -0.278. The lowest BCUT2D eigenvalue weighted by Gasteiger charge is -2.38. The SMILES string of the molecule is O=C(C1CCCCN1C(=O)CCc1ccccc1)N1CCOCC1. The van der Waals surface area contributed by atoms with Crippen molar-refractivity contribution in [1.82, 2.24) is 9.80 Å². The molecule has 0 N–H and O–H groups in total. The Morgan fingerprint density at radius 1 is 1.04 bits per heavy atom. The summed E-state index contributed by atoms with van der Waals surface area (Å²) >= 11 is 0. The van der Waals surface area contributed by atoms with Gasteiger partial charge < -0.3 is 14.5 Å². The predicted molar refractivity (Wildman–Crippen MR) is 91.5 cm³/mol.